The number of hydrogen-bond donors (Lipinski definition) is 1. The van der Waals surface area contributed by atoms with Crippen molar-refractivity contribution in [3.8, 4) is 0 Å². The van der Waals surface area contributed by atoms with E-state index in [1.54, 1.807) is 18.3 Å². The highest BCUT2D eigenvalue weighted by Crippen LogP contribution is 2.63. The largest absolute Gasteiger partial charge is 0.274 e. The summed E-state index contributed by atoms with van der Waals surface area (Å²) in [5.74, 6) is -2.27. The number of carbonyl (C=O) groups is 3. The van der Waals surface area contributed by atoms with Crippen LogP contribution in [0.5, 0.6) is 0 Å². The zero-order valence-corrected chi connectivity index (χ0v) is 24.8. The van der Waals surface area contributed by atoms with Crippen LogP contribution in [0.3, 0.4) is 0 Å². The van der Waals surface area contributed by atoms with Crippen LogP contribution in [0.2, 0.25) is 0 Å². The number of imide groups is 1. The minimum atomic E-state index is -1.03. The quantitative estimate of drug-likeness (QED) is 0.170. The first-order valence-corrected chi connectivity index (χ1v) is 14.8. The molecule has 4 aromatic rings. The first kappa shape index (κ1) is 26.5. The van der Waals surface area contributed by atoms with Crippen LogP contribution in [0, 0.1) is 25.7 Å². The number of nitrogens with one attached hydrogen (secondary N) is 1. The first-order chi connectivity index (χ1) is 20.3. The van der Waals surface area contributed by atoms with E-state index in [1.165, 1.54) is 10.5 Å². The maximum absolute atomic E-state index is 14.4. The lowest BCUT2D eigenvalue weighted by Gasteiger charge is -2.52. The van der Waals surface area contributed by atoms with E-state index < -0.39 is 17.3 Å². The normalized spacial score (nSPS) is 23.6. The molecule has 2 atom stereocenters. The van der Waals surface area contributed by atoms with Crippen molar-refractivity contribution in [3.05, 3.63) is 134 Å². The average Bonchev–Trinajstić information content (AvgIpc) is 3.26. The molecule has 0 radical (unpaired) electrons. The summed E-state index contributed by atoms with van der Waals surface area (Å²) >= 11 is 3.45. The topological polar surface area (TPSA) is 78.8 Å². The zero-order chi connectivity index (χ0) is 29.2. The van der Waals surface area contributed by atoms with Crippen LogP contribution in [0.25, 0.3) is 0 Å². The molecule has 42 heavy (non-hydrogen) atoms. The SMILES string of the molecule is Cc1ccc(CC(=O)N/N=C\C23c4ccccc4C(c4ccccc42)[C@@H]2C(=O)N(c4ccc(Br)cc4)C(=O)[C@@H]23)cc1C. The van der Waals surface area contributed by atoms with Crippen molar-refractivity contribution < 1.29 is 14.4 Å². The third kappa shape index (κ3) is 3.83. The van der Waals surface area contributed by atoms with Crippen LogP contribution in [-0.2, 0) is 26.2 Å². The van der Waals surface area contributed by atoms with Crippen LogP contribution in [0.4, 0.5) is 5.69 Å². The third-order valence-electron chi connectivity index (χ3n) is 9.16. The predicted octanol–water partition coefficient (Wildman–Crippen LogP) is 5.96. The Morgan fingerprint density at radius 2 is 1.52 bits per heavy atom. The Bertz CT molecular complexity index is 1770. The Hall–Kier alpha value is -4.36. The molecule has 1 fully saturated rings. The molecule has 3 amide bonds. The van der Waals surface area contributed by atoms with Gasteiger partial charge in [-0.15, -0.1) is 0 Å². The summed E-state index contributed by atoms with van der Waals surface area (Å²) < 4.78 is 0.864. The smallest absolute Gasteiger partial charge is 0.244 e. The molecule has 7 heteroatoms. The molecule has 1 aliphatic heterocycles. The van der Waals surface area contributed by atoms with E-state index in [-0.39, 0.29) is 30.1 Å². The van der Waals surface area contributed by atoms with Gasteiger partial charge in [0, 0.05) is 16.6 Å². The van der Waals surface area contributed by atoms with Crippen LogP contribution >= 0.6 is 15.9 Å². The first-order valence-electron chi connectivity index (χ1n) is 14.0. The van der Waals surface area contributed by atoms with Crippen molar-refractivity contribution in [2.75, 3.05) is 4.90 Å². The number of nitrogens with zero attached hydrogens (tertiary/aromatic N) is 2. The van der Waals surface area contributed by atoms with Crippen LogP contribution in [0.1, 0.15) is 44.9 Å². The number of hydrogen-bond acceptors (Lipinski definition) is 4. The molecular weight excluding hydrogens is 590 g/mol. The van der Waals surface area contributed by atoms with Crippen LogP contribution < -0.4 is 10.3 Å². The number of anilines is 1. The Labute approximate surface area is 252 Å². The fraction of sp³-hybridized carbons (Fsp3) is 0.200. The Balaban J connectivity index is 1.33. The zero-order valence-electron chi connectivity index (χ0n) is 23.2. The van der Waals surface area contributed by atoms with E-state index >= 15 is 0 Å². The molecule has 0 unspecified atom stereocenters. The summed E-state index contributed by atoms with van der Waals surface area (Å²) in [4.78, 5) is 42.9. The molecule has 208 valence electrons. The highest BCUT2D eigenvalue weighted by Gasteiger charge is 2.68. The van der Waals surface area contributed by atoms with E-state index in [2.05, 4.69) is 26.5 Å². The second-order valence-electron chi connectivity index (χ2n) is 11.4. The lowest BCUT2D eigenvalue weighted by molar-refractivity contribution is -0.123. The van der Waals surface area contributed by atoms with E-state index in [9.17, 15) is 14.4 Å². The van der Waals surface area contributed by atoms with Gasteiger partial charge in [0.25, 0.3) is 0 Å². The van der Waals surface area contributed by atoms with Gasteiger partial charge in [-0.3, -0.25) is 14.4 Å². The molecular formula is C35H28BrN3O3. The minimum absolute atomic E-state index is 0.182. The van der Waals surface area contributed by atoms with E-state index in [1.807, 2.05) is 92.7 Å². The Kier molecular flexibility index (Phi) is 6.24. The molecule has 8 rings (SSSR count). The van der Waals surface area contributed by atoms with Crippen molar-refractivity contribution in [2.45, 2.75) is 31.6 Å². The molecule has 1 saturated heterocycles. The van der Waals surface area contributed by atoms with Gasteiger partial charge in [0.2, 0.25) is 17.7 Å². The van der Waals surface area contributed by atoms with Crippen molar-refractivity contribution in [1.82, 2.24) is 5.43 Å². The fourth-order valence-electron chi connectivity index (χ4n) is 7.24. The number of hydrazone groups is 1. The molecule has 4 aromatic carbocycles. The molecule has 0 spiro atoms. The maximum Gasteiger partial charge on any atom is 0.244 e. The summed E-state index contributed by atoms with van der Waals surface area (Å²) in [6.45, 7) is 4.06. The van der Waals surface area contributed by atoms with E-state index in [0.717, 1.165) is 37.9 Å². The van der Waals surface area contributed by atoms with Gasteiger partial charge >= 0.3 is 0 Å². The number of amides is 3. The summed E-state index contributed by atoms with van der Waals surface area (Å²) in [6, 6.07) is 29.2. The van der Waals surface area contributed by atoms with Gasteiger partial charge in [0.05, 0.1) is 29.4 Å². The molecule has 4 aliphatic rings. The predicted molar refractivity (Wildman–Crippen MR) is 165 cm³/mol. The van der Waals surface area contributed by atoms with Crippen molar-refractivity contribution in [2.24, 2.45) is 16.9 Å². The van der Waals surface area contributed by atoms with Crippen LogP contribution in [0.15, 0.2) is 101 Å². The highest BCUT2D eigenvalue weighted by atomic mass is 79.9. The average molecular weight is 619 g/mol. The van der Waals surface area contributed by atoms with Gasteiger partial charge in [-0.05, 0) is 77.1 Å². The highest BCUT2D eigenvalue weighted by molar-refractivity contribution is 9.10. The van der Waals surface area contributed by atoms with E-state index in [0.29, 0.717) is 5.69 Å². The number of benzene rings is 4. The lowest BCUT2D eigenvalue weighted by Crippen LogP contribution is -2.54. The molecule has 3 aliphatic carbocycles. The van der Waals surface area contributed by atoms with Gasteiger partial charge in [0.15, 0.2) is 0 Å². The van der Waals surface area contributed by atoms with Crippen LogP contribution in [-0.4, -0.2) is 23.9 Å². The second-order valence-corrected chi connectivity index (χ2v) is 12.3. The molecule has 2 bridgehead atoms. The number of aryl methyl sites for hydroxylation is 2. The molecule has 1 heterocycles. The van der Waals surface area contributed by atoms with Crippen molar-refractivity contribution in [3.63, 3.8) is 0 Å². The molecule has 0 aromatic heterocycles. The van der Waals surface area contributed by atoms with Gasteiger partial charge < -0.3 is 0 Å². The summed E-state index contributed by atoms with van der Waals surface area (Å²) in [6.07, 6.45) is 1.88. The third-order valence-corrected chi connectivity index (χ3v) is 9.69. The molecule has 6 nitrogen and oxygen atoms in total. The Morgan fingerprint density at radius 3 is 2.17 bits per heavy atom. The monoisotopic (exact) mass is 617 g/mol. The summed E-state index contributed by atoms with van der Waals surface area (Å²) in [5.41, 5.74) is 9.36. The van der Waals surface area contributed by atoms with Gasteiger partial charge in [-0.2, -0.15) is 5.10 Å². The standard InChI is InChI=1S/C35H28BrN3O3/c1-20-11-12-22(17-21(20)2)18-29(40)38-37-19-35-27-9-5-3-7-25(27)30(26-8-4-6-10-28(26)35)31-32(35)34(42)39(33(31)41)24-15-13-23(36)14-16-24/h3-17,19,30-32H,18H2,1-2H3,(H,38,40)/b37-19-/t30?,31-,32+,35?/m0/s1. The molecule has 0 saturated carbocycles. The van der Waals surface area contributed by atoms with Crippen molar-refractivity contribution >= 4 is 45.6 Å². The fourth-order valence-corrected chi connectivity index (χ4v) is 7.50. The number of rotatable bonds is 5. The summed E-state index contributed by atoms with van der Waals surface area (Å²) in [5, 5.41) is 4.51. The lowest BCUT2D eigenvalue weighted by atomic mass is 9.47. The van der Waals surface area contributed by atoms with Crippen molar-refractivity contribution in [1.29, 1.82) is 0 Å². The number of carbonyl (C=O) groups excluding carboxylic acids is 3. The number of halogens is 1. The van der Waals surface area contributed by atoms with Gasteiger partial charge in [-0.1, -0.05) is 82.7 Å². The minimum Gasteiger partial charge on any atom is -0.274 e. The van der Waals surface area contributed by atoms with Gasteiger partial charge in [0.1, 0.15) is 0 Å². The van der Waals surface area contributed by atoms with E-state index in [4.69, 9.17) is 0 Å². The maximum atomic E-state index is 14.4. The Morgan fingerprint density at radius 1 is 0.881 bits per heavy atom. The summed E-state index contributed by atoms with van der Waals surface area (Å²) in [7, 11) is 0. The van der Waals surface area contributed by atoms with Gasteiger partial charge in [-0.25, -0.2) is 10.3 Å². The molecule has 1 N–H and O–H groups in total. The second kappa shape index (κ2) is 9.88.